The molecule has 0 aliphatic carbocycles. The Kier molecular flexibility index (Phi) is 5.43. The fraction of sp³-hybridized carbons (Fsp3) is 0.545. The molecule has 1 aliphatic heterocycles. The molecule has 1 aromatic heterocycles. The first-order valence-corrected chi connectivity index (χ1v) is 6.54. The molecule has 130 valence electrons. The summed E-state index contributed by atoms with van der Waals surface area (Å²) in [6.07, 6.45) is -5.60. The molecule has 0 bridgehead atoms. The molecular formula is C11H12FN5O7. The van der Waals surface area contributed by atoms with E-state index < -0.39 is 47.4 Å². The quantitative estimate of drug-likeness (QED) is 0.183. The number of azide groups is 1. The molecule has 13 heteroatoms. The zero-order valence-electron chi connectivity index (χ0n) is 11.9. The number of nitrogens with one attached hydrogen (secondary N) is 1. The number of hydrogen-bond acceptors (Lipinski definition) is 8. The second kappa shape index (κ2) is 7.33. The molecule has 0 spiro atoms. The Morgan fingerprint density at radius 3 is 2.79 bits per heavy atom. The van der Waals surface area contributed by atoms with Gasteiger partial charge in [-0.05, 0) is 10.6 Å². The summed E-state index contributed by atoms with van der Waals surface area (Å²) in [7, 11) is 0. The van der Waals surface area contributed by atoms with E-state index in [-0.39, 0.29) is 13.2 Å². The summed E-state index contributed by atoms with van der Waals surface area (Å²) in [4.78, 5) is 37.3. The van der Waals surface area contributed by atoms with Gasteiger partial charge in [-0.25, -0.2) is 4.79 Å². The Bertz CT molecular complexity index is 786. The third kappa shape index (κ3) is 3.20. The largest absolute Gasteiger partial charge is 0.387 e. The Balaban J connectivity index is 2.43. The van der Waals surface area contributed by atoms with Crippen molar-refractivity contribution in [1.29, 1.82) is 0 Å². The molecule has 4 atom stereocenters. The average Bonchev–Trinajstić information content (AvgIpc) is 2.81. The number of aromatic amines is 1. The molecule has 2 rings (SSSR count). The number of hydrogen-bond donors (Lipinski definition) is 3. The Hall–Kier alpha value is -2.57. The van der Waals surface area contributed by atoms with Crippen LogP contribution in [0.5, 0.6) is 0 Å². The van der Waals surface area contributed by atoms with E-state index in [1.165, 1.54) is 0 Å². The van der Waals surface area contributed by atoms with Crippen LogP contribution in [-0.4, -0.2) is 57.6 Å². The lowest BCUT2D eigenvalue weighted by Crippen LogP contribution is -2.39. The Morgan fingerprint density at radius 2 is 2.17 bits per heavy atom. The molecule has 0 saturated carbocycles. The lowest BCUT2D eigenvalue weighted by Gasteiger charge is -2.19. The number of aliphatic hydroxyl groups is 2. The number of aliphatic hydroxyl groups excluding tert-OH is 2. The maximum absolute atomic E-state index is 13.8. The van der Waals surface area contributed by atoms with Crippen LogP contribution in [0, 0.1) is 5.82 Å². The molecule has 2 heterocycles. The number of aldehydes is 1. The van der Waals surface area contributed by atoms with Gasteiger partial charge in [0, 0.05) is 4.91 Å². The topological polar surface area (TPSA) is 180 Å². The van der Waals surface area contributed by atoms with Crippen LogP contribution in [0.4, 0.5) is 10.2 Å². The van der Waals surface area contributed by atoms with E-state index in [9.17, 15) is 29.0 Å². The van der Waals surface area contributed by atoms with Gasteiger partial charge >= 0.3 is 5.69 Å². The molecule has 2 unspecified atom stereocenters. The van der Waals surface area contributed by atoms with Gasteiger partial charge in [-0.15, -0.1) is 0 Å². The van der Waals surface area contributed by atoms with Gasteiger partial charge in [0.05, 0.1) is 6.61 Å². The number of ether oxygens (including phenoxy) is 2. The van der Waals surface area contributed by atoms with Crippen LogP contribution >= 0.6 is 0 Å². The van der Waals surface area contributed by atoms with E-state index in [4.69, 9.17) is 15.0 Å². The summed E-state index contributed by atoms with van der Waals surface area (Å²) in [5, 5.41) is 22.8. The van der Waals surface area contributed by atoms with Crippen LogP contribution in [0.15, 0.2) is 14.7 Å². The minimum atomic E-state index is -1.72. The number of carbonyl (C=O) groups is 1. The molecule has 1 aliphatic rings. The summed E-state index contributed by atoms with van der Waals surface area (Å²) in [6, 6.07) is 0. The highest BCUT2D eigenvalue weighted by atomic mass is 19.1. The van der Waals surface area contributed by atoms with Gasteiger partial charge in [0.1, 0.15) is 31.2 Å². The van der Waals surface area contributed by atoms with E-state index in [0.29, 0.717) is 10.9 Å². The molecule has 0 radical (unpaired) electrons. The first kappa shape index (κ1) is 17.8. The van der Waals surface area contributed by atoms with Gasteiger partial charge in [0.25, 0.3) is 5.56 Å². The SMILES string of the molecule is [N-]=[N+]=Nc1c(F)c(=O)[nH]c(=O)n1[C@H]1O[C@@H](COCC=O)C(O)C1O. The van der Waals surface area contributed by atoms with Crippen molar-refractivity contribution in [2.75, 3.05) is 13.2 Å². The van der Waals surface area contributed by atoms with Crippen molar-refractivity contribution in [2.24, 2.45) is 5.11 Å². The van der Waals surface area contributed by atoms with Gasteiger partial charge in [0.2, 0.25) is 5.82 Å². The van der Waals surface area contributed by atoms with Gasteiger partial charge < -0.3 is 24.5 Å². The van der Waals surface area contributed by atoms with Crippen molar-refractivity contribution in [2.45, 2.75) is 24.5 Å². The van der Waals surface area contributed by atoms with Crippen molar-refractivity contribution in [3.63, 3.8) is 0 Å². The highest BCUT2D eigenvalue weighted by Gasteiger charge is 2.45. The second-order valence-corrected chi connectivity index (χ2v) is 4.71. The highest BCUT2D eigenvalue weighted by molar-refractivity contribution is 5.50. The Morgan fingerprint density at radius 1 is 1.46 bits per heavy atom. The predicted octanol–water partition coefficient (Wildman–Crippen LogP) is -1.55. The first-order valence-electron chi connectivity index (χ1n) is 6.54. The van der Waals surface area contributed by atoms with Crippen LogP contribution in [-0.2, 0) is 14.3 Å². The number of nitrogens with zero attached hydrogens (tertiary/aromatic N) is 4. The first-order chi connectivity index (χ1) is 11.4. The maximum atomic E-state index is 13.8. The summed E-state index contributed by atoms with van der Waals surface area (Å²) in [6.45, 7) is -0.588. The minimum absolute atomic E-state index is 0.287. The van der Waals surface area contributed by atoms with Crippen LogP contribution in [0.3, 0.4) is 0 Å². The third-order valence-corrected chi connectivity index (χ3v) is 3.26. The van der Waals surface area contributed by atoms with E-state index in [1.807, 2.05) is 0 Å². The van der Waals surface area contributed by atoms with Gasteiger partial charge in [-0.1, -0.05) is 0 Å². The average molecular weight is 345 g/mol. The number of rotatable bonds is 6. The fourth-order valence-corrected chi connectivity index (χ4v) is 2.20. The van der Waals surface area contributed by atoms with Crippen molar-refractivity contribution in [3.05, 3.63) is 37.1 Å². The summed E-state index contributed by atoms with van der Waals surface area (Å²) in [5.74, 6) is -2.56. The van der Waals surface area contributed by atoms with E-state index in [1.54, 1.807) is 4.98 Å². The molecule has 24 heavy (non-hydrogen) atoms. The normalized spacial score (nSPS) is 26.1. The number of aromatic nitrogens is 2. The number of H-pyrrole nitrogens is 1. The highest BCUT2D eigenvalue weighted by Crippen LogP contribution is 2.31. The summed E-state index contributed by atoms with van der Waals surface area (Å²) < 4.78 is 24.3. The van der Waals surface area contributed by atoms with Crippen LogP contribution < -0.4 is 11.2 Å². The van der Waals surface area contributed by atoms with Crippen LogP contribution in [0.1, 0.15) is 6.23 Å². The zero-order valence-corrected chi connectivity index (χ0v) is 11.9. The maximum Gasteiger partial charge on any atom is 0.331 e. The molecular weight excluding hydrogens is 333 g/mol. The van der Waals surface area contributed by atoms with Gasteiger partial charge in [0.15, 0.2) is 12.0 Å². The van der Waals surface area contributed by atoms with Crippen molar-refractivity contribution in [1.82, 2.24) is 9.55 Å². The molecule has 1 fully saturated rings. The molecule has 0 aromatic carbocycles. The minimum Gasteiger partial charge on any atom is -0.387 e. The van der Waals surface area contributed by atoms with Crippen molar-refractivity contribution in [3.8, 4) is 0 Å². The molecule has 0 amide bonds. The smallest absolute Gasteiger partial charge is 0.331 e. The summed E-state index contributed by atoms with van der Waals surface area (Å²) >= 11 is 0. The fourth-order valence-electron chi connectivity index (χ4n) is 2.20. The third-order valence-electron chi connectivity index (χ3n) is 3.26. The second-order valence-electron chi connectivity index (χ2n) is 4.71. The standard InChI is InChI=1S/C11H12FN5O7/c12-5-8(15-16-13)17(11(22)14-9(5)21)10-7(20)6(19)4(24-10)3-23-2-1-18/h1,4,6-7,10,19-20H,2-3H2,(H,14,21,22)/t4-,6?,7?,10-/m0/s1. The molecule has 3 N–H and O–H groups in total. The van der Waals surface area contributed by atoms with E-state index >= 15 is 0 Å². The van der Waals surface area contributed by atoms with Gasteiger partial charge in [-0.3, -0.25) is 14.3 Å². The van der Waals surface area contributed by atoms with Crippen molar-refractivity contribution < 1.29 is 28.9 Å². The molecule has 1 aromatic rings. The lowest BCUT2D eigenvalue weighted by atomic mass is 10.1. The molecule has 1 saturated heterocycles. The number of carbonyl (C=O) groups excluding carboxylic acids is 1. The predicted molar refractivity (Wildman–Crippen MR) is 72.9 cm³/mol. The zero-order chi connectivity index (χ0) is 17.9. The van der Waals surface area contributed by atoms with E-state index in [0.717, 1.165) is 0 Å². The van der Waals surface area contributed by atoms with Crippen molar-refractivity contribution >= 4 is 12.1 Å². The lowest BCUT2D eigenvalue weighted by molar-refractivity contribution is -0.115. The molecule has 12 nitrogen and oxygen atoms in total. The Labute approximate surface area is 131 Å². The van der Waals surface area contributed by atoms with Crippen LogP contribution in [0.2, 0.25) is 0 Å². The van der Waals surface area contributed by atoms with E-state index in [2.05, 4.69) is 10.0 Å². The van der Waals surface area contributed by atoms with Crippen LogP contribution in [0.25, 0.3) is 10.4 Å². The monoisotopic (exact) mass is 345 g/mol. The number of halogens is 1. The summed E-state index contributed by atoms with van der Waals surface area (Å²) in [5.41, 5.74) is 5.83. The van der Waals surface area contributed by atoms with Gasteiger partial charge in [-0.2, -0.15) is 4.39 Å².